The van der Waals surface area contributed by atoms with Crippen LogP contribution in [0.4, 0.5) is 0 Å². The van der Waals surface area contributed by atoms with Crippen molar-refractivity contribution in [2.24, 2.45) is 0 Å². The van der Waals surface area contributed by atoms with Gasteiger partial charge < -0.3 is 0 Å². The van der Waals surface area contributed by atoms with Crippen LogP contribution in [0.2, 0.25) is 0 Å². The maximum Gasteiger partial charge on any atom is 0.399 e. The van der Waals surface area contributed by atoms with E-state index in [0.29, 0.717) is 0 Å². The monoisotopic (exact) mass is 234 g/mol. The molecule has 0 atom stereocenters. The summed E-state index contributed by atoms with van der Waals surface area (Å²) in [6.45, 7) is 3.39. The molecule has 0 unspecified atom stereocenters. The highest BCUT2D eigenvalue weighted by molar-refractivity contribution is 7.81. The van der Waals surface area contributed by atoms with Crippen LogP contribution < -0.4 is 0 Å². The van der Waals surface area contributed by atoms with Crippen LogP contribution in [0.15, 0.2) is 24.8 Å². The molecule has 0 aliphatic carbocycles. The van der Waals surface area contributed by atoms with Crippen LogP contribution in [-0.2, 0) is 18.8 Å². The molecule has 1 rings (SSSR count). The van der Waals surface area contributed by atoms with Crippen LogP contribution in [-0.4, -0.2) is 31.6 Å². The summed E-state index contributed by atoms with van der Waals surface area (Å²) >= 11 is 0. The highest BCUT2D eigenvalue weighted by Gasteiger charge is 2.06. The van der Waals surface area contributed by atoms with E-state index in [1.165, 1.54) is 6.33 Å². The van der Waals surface area contributed by atoms with E-state index in [1.54, 1.807) is 32.3 Å². The van der Waals surface area contributed by atoms with Gasteiger partial charge >= 0.3 is 10.4 Å². The van der Waals surface area contributed by atoms with E-state index in [1.807, 2.05) is 0 Å². The van der Waals surface area contributed by atoms with Gasteiger partial charge in [0.2, 0.25) is 0 Å². The lowest BCUT2D eigenvalue weighted by Gasteiger charge is -1.99. The van der Waals surface area contributed by atoms with Gasteiger partial charge in [-0.1, -0.05) is 0 Å². The summed E-state index contributed by atoms with van der Waals surface area (Å²) in [4.78, 5) is 7.35. The third kappa shape index (κ3) is 9.26. The van der Waals surface area contributed by atoms with Gasteiger partial charge in [0.1, 0.15) is 6.33 Å². The molecule has 86 valence electrons. The van der Waals surface area contributed by atoms with Crippen LogP contribution in [0.1, 0.15) is 13.8 Å². The molecule has 0 fully saturated rings. The Morgan fingerprint density at radius 3 is 1.73 bits per heavy atom. The van der Waals surface area contributed by atoms with Gasteiger partial charge in [-0.3, -0.25) is 0 Å². The van der Waals surface area contributed by atoms with Gasteiger partial charge in [0, 0.05) is 12.4 Å². The predicted octanol–water partition coefficient (Wildman–Crippen LogP) is 0.781. The molecule has 7 heteroatoms. The Kier molecular flexibility index (Phi) is 7.69. The average Bonchev–Trinajstić information content (AvgIpc) is 2.21. The number of hydrogen-bond acceptors (Lipinski definition) is 6. The summed E-state index contributed by atoms with van der Waals surface area (Å²) in [5.41, 5.74) is 0. The Balaban J connectivity index is 0.000000280. The van der Waals surface area contributed by atoms with E-state index in [9.17, 15) is 8.42 Å². The minimum Gasteiger partial charge on any atom is -0.248 e. The van der Waals surface area contributed by atoms with Gasteiger partial charge in [-0.2, -0.15) is 8.42 Å². The molecule has 0 aliphatic heterocycles. The minimum absolute atomic E-state index is 0.113. The molecular formula is C8H14N2O4S. The third-order valence-corrected chi connectivity index (χ3v) is 2.05. The highest BCUT2D eigenvalue weighted by Crippen LogP contribution is 1.93. The Labute approximate surface area is 89.6 Å². The lowest BCUT2D eigenvalue weighted by Crippen LogP contribution is -2.09. The van der Waals surface area contributed by atoms with Gasteiger partial charge in [0.15, 0.2) is 0 Å². The second kappa shape index (κ2) is 8.27. The van der Waals surface area contributed by atoms with Gasteiger partial charge in [0.25, 0.3) is 0 Å². The van der Waals surface area contributed by atoms with E-state index >= 15 is 0 Å². The lowest BCUT2D eigenvalue weighted by molar-refractivity contribution is 0.231. The van der Waals surface area contributed by atoms with Gasteiger partial charge in [-0.25, -0.2) is 18.3 Å². The zero-order valence-electron chi connectivity index (χ0n) is 8.66. The van der Waals surface area contributed by atoms with Crippen molar-refractivity contribution in [2.45, 2.75) is 13.8 Å². The smallest absolute Gasteiger partial charge is 0.248 e. The van der Waals surface area contributed by atoms with Crippen LogP contribution >= 0.6 is 0 Å². The molecule has 0 spiro atoms. The van der Waals surface area contributed by atoms with E-state index in [2.05, 4.69) is 18.3 Å². The van der Waals surface area contributed by atoms with Crippen molar-refractivity contribution < 1.29 is 16.8 Å². The maximum atomic E-state index is 10.4. The highest BCUT2D eigenvalue weighted by atomic mass is 32.3. The largest absolute Gasteiger partial charge is 0.399 e. The lowest BCUT2D eigenvalue weighted by atomic mass is 10.7. The molecule has 0 saturated heterocycles. The van der Waals surface area contributed by atoms with Gasteiger partial charge in [-0.15, -0.1) is 0 Å². The predicted molar refractivity (Wildman–Crippen MR) is 54.2 cm³/mol. The normalized spacial score (nSPS) is 10.3. The SMILES string of the molecule is CCOS(=O)(=O)OCC.c1cncnc1. The second-order valence-electron chi connectivity index (χ2n) is 2.13. The van der Waals surface area contributed by atoms with E-state index < -0.39 is 10.4 Å². The molecule has 0 radical (unpaired) electrons. The zero-order valence-corrected chi connectivity index (χ0v) is 9.48. The average molecular weight is 234 g/mol. The summed E-state index contributed by atoms with van der Waals surface area (Å²) in [5, 5.41) is 0. The molecule has 0 saturated carbocycles. The summed E-state index contributed by atoms with van der Waals surface area (Å²) in [7, 11) is -3.68. The number of rotatable bonds is 4. The molecule has 1 heterocycles. The van der Waals surface area contributed by atoms with Crippen molar-refractivity contribution >= 4 is 10.4 Å². The standard InChI is InChI=1S/C4H4N2.C4H10O4S/c1-2-5-4-6-3-1;1-3-7-9(5,6)8-4-2/h1-4H;3-4H2,1-2H3. The Hall–Kier alpha value is -1.05. The molecule has 1 aromatic heterocycles. The van der Waals surface area contributed by atoms with Crippen molar-refractivity contribution in [1.29, 1.82) is 0 Å². The van der Waals surface area contributed by atoms with Crippen molar-refractivity contribution in [3.8, 4) is 0 Å². The molecular weight excluding hydrogens is 220 g/mol. The molecule has 0 N–H and O–H groups in total. The van der Waals surface area contributed by atoms with E-state index in [0.717, 1.165) is 0 Å². The van der Waals surface area contributed by atoms with Gasteiger partial charge in [-0.05, 0) is 19.9 Å². The van der Waals surface area contributed by atoms with Crippen molar-refractivity contribution in [1.82, 2.24) is 9.97 Å². The van der Waals surface area contributed by atoms with Crippen LogP contribution in [0, 0.1) is 0 Å². The molecule has 0 bridgehead atoms. The van der Waals surface area contributed by atoms with Gasteiger partial charge in [0.05, 0.1) is 13.2 Å². The third-order valence-electron chi connectivity index (χ3n) is 1.00. The Morgan fingerprint density at radius 2 is 1.53 bits per heavy atom. The van der Waals surface area contributed by atoms with E-state index in [-0.39, 0.29) is 13.2 Å². The van der Waals surface area contributed by atoms with Crippen molar-refractivity contribution in [3.05, 3.63) is 24.8 Å². The number of nitrogens with zero attached hydrogens (tertiary/aromatic N) is 2. The zero-order chi connectivity index (χ0) is 11.6. The maximum absolute atomic E-state index is 10.4. The molecule has 0 amide bonds. The fraction of sp³-hybridized carbons (Fsp3) is 0.500. The fourth-order valence-electron chi connectivity index (χ4n) is 0.576. The summed E-state index contributed by atoms with van der Waals surface area (Å²) in [6.07, 6.45) is 4.88. The molecule has 6 nitrogen and oxygen atoms in total. The molecule has 0 aromatic carbocycles. The Morgan fingerprint density at radius 1 is 1.07 bits per heavy atom. The first-order valence-corrected chi connectivity index (χ1v) is 5.69. The van der Waals surface area contributed by atoms with Crippen LogP contribution in [0.25, 0.3) is 0 Å². The molecule has 1 aromatic rings. The van der Waals surface area contributed by atoms with Crippen LogP contribution in [0.3, 0.4) is 0 Å². The first kappa shape index (κ1) is 13.9. The topological polar surface area (TPSA) is 78.4 Å². The van der Waals surface area contributed by atoms with Crippen molar-refractivity contribution in [3.63, 3.8) is 0 Å². The Bertz CT molecular complexity index is 289. The fourth-order valence-corrected chi connectivity index (χ4v) is 1.22. The second-order valence-corrected chi connectivity index (χ2v) is 3.41. The summed E-state index contributed by atoms with van der Waals surface area (Å²) in [5.74, 6) is 0. The quantitative estimate of drug-likeness (QED) is 0.766. The summed E-state index contributed by atoms with van der Waals surface area (Å²) in [6, 6.07) is 1.78. The molecule has 15 heavy (non-hydrogen) atoms. The van der Waals surface area contributed by atoms with Crippen molar-refractivity contribution in [2.75, 3.05) is 13.2 Å². The number of hydrogen-bond donors (Lipinski definition) is 0. The minimum atomic E-state index is -3.68. The molecule has 0 aliphatic rings. The first-order chi connectivity index (χ1) is 7.12. The van der Waals surface area contributed by atoms with Crippen LogP contribution in [0.5, 0.6) is 0 Å². The summed E-state index contributed by atoms with van der Waals surface area (Å²) < 4.78 is 29.2. The van der Waals surface area contributed by atoms with E-state index in [4.69, 9.17) is 0 Å². The first-order valence-electron chi connectivity index (χ1n) is 4.36. The number of aromatic nitrogens is 2.